The van der Waals surface area contributed by atoms with Gasteiger partial charge in [-0.15, -0.1) is 0 Å². The van der Waals surface area contributed by atoms with Crippen LogP contribution in [0.3, 0.4) is 0 Å². The van der Waals surface area contributed by atoms with Crippen LogP contribution in [0.2, 0.25) is 0 Å². The predicted octanol–water partition coefficient (Wildman–Crippen LogP) is 3.76. The Morgan fingerprint density at radius 1 is 1.26 bits per heavy atom. The molecule has 0 saturated carbocycles. The summed E-state index contributed by atoms with van der Waals surface area (Å²) in [6.07, 6.45) is 6.60. The molecular weight excluding hydrogens is 340 g/mol. The lowest BCUT2D eigenvalue weighted by molar-refractivity contribution is 0.0705. The highest BCUT2D eigenvalue weighted by Gasteiger charge is 2.29. The topological polar surface area (TPSA) is 75.0 Å². The molecule has 1 N–H and O–H groups in total. The molecule has 1 aromatic carbocycles. The number of amides is 1. The van der Waals surface area contributed by atoms with Crippen molar-refractivity contribution >= 4 is 16.8 Å². The number of likely N-dealkylation sites (tertiary alicyclic amines) is 1. The Hall–Kier alpha value is -2.63. The van der Waals surface area contributed by atoms with Crippen LogP contribution in [0, 0.1) is 6.92 Å². The van der Waals surface area contributed by atoms with E-state index in [0.29, 0.717) is 12.4 Å². The van der Waals surface area contributed by atoms with Gasteiger partial charge in [0.15, 0.2) is 5.82 Å². The molecular formula is C21H24N4O2. The Morgan fingerprint density at radius 3 is 3.00 bits per heavy atom. The number of rotatable bonds is 2. The molecule has 0 radical (unpaired) electrons. The van der Waals surface area contributed by atoms with Gasteiger partial charge in [0.05, 0.1) is 11.1 Å². The molecule has 5 rings (SSSR count). The van der Waals surface area contributed by atoms with Crippen molar-refractivity contribution < 1.29 is 9.32 Å². The normalized spacial score (nSPS) is 20.0. The number of nitrogens with one attached hydrogen (secondary N) is 1. The lowest BCUT2D eigenvalue weighted by Crippen LogP contribution is -2.39. The van der Waals surface area contributed by atoms with Crippen molar-refractivity contribution in [3.05, 3.63) is 46.7 Å². The molecule has 1 saturated heterocycles. The summed E-state index contributed by atoms with van der Waals surface area (Å²) in [5.41, 5.74) is 4.51. The number of aryl methyl sites for hydroxylation is 3. The molecule has 3 aromatic rings. The molecule has 1 fully saturated rings. The summed E-state index contributed by atoms with van der Waals surface area (Å²) in [5.74, 6) is 1.55. The first-order valence-corrected chi connectivity index (χ1v) is 9.92. The molecule has 2 aliphatic rings. The van der Waals surface area contributed by atoms with E-state index in [1.807, 2.05) is 17.0 Å². The summed E-state index contributed by atoms with van der Waals surface area (Å²) in [4.78, 5) is 23.2. The van der Waals surface area contributed by atoms with Gasteiger partial charge < -0.3 is 14.4 Å². The molecule has 1 aliphatic carbocycles. The van der Waals surface area contributed by atoms with Crippen LogP contribution >= 0.6 is 0 Å². The summed E-state index contributed by atoms with van der Waals surface area (Å²) in [5, 5.41) is 5.29. The summed E-state index contributed by atoms with van der Waals surface area (Å²) >= 11 is 0. The zero-order valence-electron chi connectivity index (χ0n) is 15.6. The number of hydrogen-bond acceptors (Lipinski definition) is 4. The maximum Gasteiger partial charge on any atom is 0.256 e. The van der Waals surface area contributed by atoms with Crippen LogP contribution in [-0.2, 0) is 12.8 Å². The van der Waals surface area contributed by atoms with Crippen molar-refractivity contribution in [1.29, 1.82) is 0 Å². The number of benzene rings is 1. The zero-order chi connectivity index (χ0) is 18.4. The van der Waals surface area contributed by atoms with Crippen molar-refractivity contribution in [1.82, 2.24) is 20.0 Å². The minimum absolute atomic E-state index is 0.101. The van der Waals surface area contributed by atoms with E-state index in [9.17, 15) is 4.79 Å². The van der Waals surface area contributed by atoms with Gasteiger partial charge in [0.1, 0.15) is 0 Å². The summed E-state index contributed by atoms with van der Waals surface area (Å²) in [6.45, 7) is 3.23. The molecule has 1 unspecified atom stereocenters. The van der Waals surface area contributed by atoms with Crippen molar-refractivity contribution in [3.8, 4) is 0 Å². The molecule has 0 bridgehead atoms. The average Bonchev–Trinajstić information content (AvgIpc) is 3.31. The maximum atomic E-state index is 13.4. The van der Waals surface area contributed by atoms with Gasteiger partial charge in [0, 0.05) is 37.0 Å². The lowest BCUT2D eigenvalue weighted by atomic mass is 9.94. The molecule has 6 heteroatoms. The summed E-state index contributed by atoms with van der Waals surface area (Å²) < 4.78 is 5.13. The molecule has 27 heavy (non-hydrogen) atoms. The first-order valence-electron chi connectivity index (χ1n) is 9.92. The average molecular weight is 364 g/mol. The lowest BCUT2D eigenvalue weighted by Gasteiger charge is -2.31. The van der Waals surface area contributed by atoms with Crippen LogP contribution in [0.5, 0.6) is 0 Å². The Balaban J connectivity index is 1.46. The molecule has 1 amide bonds. The van der Waals surface area contributed by atoms with Gasteiger partial charge in [0.25, 0.3) is 5.91 Å². The number of hydrogen-bond donors (Lipinski definition) is 1. The number of carbonyl (C=O) groups is 1. The van der Waals surface area contributed by atoms with Gasteiger partial charge >= 0.3 is 0 Å². The fraction of sp³-hybridized carbons (Fsp3) is 0.476. The zero-order valence-corrected chi connectivity index (χ0v) is 15.6. The summed E-state index contributed by atoms with van der Waals surface area (Å²) in [7, 11) is 0. The highest BCUT2D eigenvalue weighted by atomic mass is 16.5. The Labute approximate surface area is 157 Å². The second-order valence-electron chi connectivity index (χ2n) is 7.78. The van der Waals surface area contributed by atoms with Crippen molar-refractivity contribution in [2.75, 3.05) is 13.1 Å². The Morgan fingerprint density at radius 2 is 2.15 bits per heavy atom. The van der Waals surface area contributed by atoms with Gasteiger partial charge in [-0.25, -0.2) is 0 Å². The van der Waals surface area contributed by atoms with E-state index in [4.69, 9.17) is 4.52 Å². The number of para-hydroxylation sites is 1. The third-order valence-electron chi connectivity index (χ3n) is 5.98. The van der Waals surface area contributed by atoms with Crippen LogP contribution in [0.4, 0.5) is 0 Å². The maximum absolute atomic E-state index is 13.4. The number of piperidine rings is 1. The molecule has 140 valence electrons. The van der Waals surface area contributed by atoms with Crippen molar-refractivity contribution in [2.24, 2.45) is 0 Å². The third-order valence-corrected chi connectivity index (χ3v) is 5.98. The highest BCUT2D eigenvalue weighted by Crippen LogP contribution is 2.32. The van der Waals surface area contributed by atoms with Crippen molar-refractivity contribution in [3.63, 3.8) is 0 Å². The van der Waals surface area contributed by atoms with E-state index in [1.54, 1.807) is 6.92 Å². The third kappa shape index (κ3) is 2.83. The molecule has 1 aliphatic heterocycles. The van der Waals surface area contributed by atoms with Gasteiger partial charge in [0.2, 0.25) is 5.89 Å². The first-order chi connectivity index (χ1) is 13.2. The van der Waals surface area contributed by atoms with Crippen molar-refractivity contribution in [2.45, 2.75) is 51.4 Å². The van der Waals surface area contributed by atoms with Gasteiger partial charge in [-0.05, 0) is 50.2 Å². The molecule has 3 heterocycles. The summed E-state index contributed by atoms with van der Waals surface area (Å²) in [6, 6.07) is 6.12. The second-order valence-corrected chi connectivity index (χ2v) is 7.78. The number of H-pyrrole nitrogens is 1. The van der Waals surface area contributed by atoms with Crippen LogP contribution in [0.1, 0.15) is 64.9 Å². The van der Waals surface area contributed by atoms with E-state index in [-0.39, 0.29) is 11.8 Å². The van der Waals surface area contributed by atoms with Gasteiger partial charge in [-0.1, -0.05) is 17.3 Å². The van der Waals surface area contributed by atoms with E-state index >= 15 is 0 Å². The van der Waals surface area contributed by atoms with E-state index in [0.717, 1.165) is 49.1 Å². The smallest absolute Gasteiger partial charge is 0.256 e. The molecule has 6 nitrogen and oxygen atoms in total. The molecule has 1 atom stereocenters. The standard InChI is InChI=1S/C21H24N4O2/c1-13-22-20(24-27-13)14-6-5-11-25(12-14)21(26)17-9-4-8-16-15-7-2-3-10-18(15)23-19(16)17/h4,8-9,14,23H,2-3,5-7,10-12H2,1H3. The second kappa shape index (κ2) is 6.51. The highest BCUT2D eigenvalue weighted by molar-refractivity contribution is 6.06. The number of nitrogens with zero attached hydrogens (tertiary/aromatic N) is 3. The van der Waals surface area contributed by atoms with Crippen LogP contribution < -0.4 is 0 Å². The number of carbonyl (C=O) groups excluding carboxylic acids is 1. The van der Waals surface area contributed by atoms with Crippen LogP contribution in [0.25, 0.3) is 10.9 Å². The Bertz CT molecular complexity index is 1000. The fourth-order valence-electron chi connectivity index (χ4n) is 4.63. The number of fused-ring (bicyclic) bond motifs is 3. The van der Waals surface area contributed by atoms with Crippen LogP contribution in [0.15, 0.2) is 22.7 Å². The quantitative estimate of drug-likeness (QED) is 0.751. The van der Waals surface area contributed by atoms with Gasteiger partial charge in [-0.2, -0.15) is 4.98 Å². The monoisotopic (exact) mass is 364 g/mol. The SMILES string of the molecule is Cc1nc(C2CCCN(C(=O)c3cccc4c5c([nH]c34)CCCC5)C2)no1. The first kappa shape index (κ1) is 16.5. The minimum atomic E-state index is 0.101. The van der Waals surface area contributed by atoms with E-state index in [2.05, 4.69) is 21.2 Å². The predicted molar refractivity (Wildman–Crippen MR) is 102 cm³/mol. The largest absolute Gasteiger partial charge is 0.358 e. The number of aromatic nitrogens is 3. The van der Waals surface area contributed by atoms with Gasteiger partial charge in [-0.3, -0.25) is 4.79 Å². The molecule has 2 aromatic heterocycles. The fourth-order valence-corrected chi connectivity index (χ4v) is 4.63. The molecule has 0 spiro atoms. The van der Waals surface area contributed by atoms with E-state index in [1.165, 1.54) is 29.5 Å². The minimum Gasteiger partial charge on any atom is -0.358 e. The Kier molecular flexibility index (Phi) is 3.99. The number of aromatic amines is 1. The van der Waals surface area contributed by atoms with E-state index < -0.39 is 0 Å². The van der Waals surface area contributed by atoms with Crippen LogP contribution in [-0.4, -0.2) is 39.0 Å².